The fraction of sp³-hybridized carbons (Fsp3) is 0.320. The highest BCUT2D eigenvalue weighted by Gasteiger charge is 2.25. The normalized spacial score (nSPS) is 17.2. The molecule has 150 valence electrons. The molecule has 29 heavy (non-hydrogen) atoms. The molecule has 0 saturated carbocycles. The summed E-state index contributed by atoms with van der Waals surface area (Å²) in [5, 5.41) is 5.69. The van der Waals surface area contributed by atoms with E-state index >= 15 is 0 Å². The van der Waals surface area contributed by atoms with E-state index in [-0.39, 0.29) is 11.8 Å². The second kappa shape index (κ2) is 9.10. The number of carbonyl (C=O) groups excluding carboxylic acids is 1. The molecule has 1 heterocycles. The predicted molar refractivity (Wildman–Crippen MR) is 117 cm³/mol. The molecule has 1 unspecified atom stereocenters. The molecule has 1 fully saturated rings. The number of methoxy groups -OCH3 is 1. The lowest BCUT2D eigenvalue weighted by atomic mass is 9.96. The molecule has 1 aliphatic rings. The van der Waals surface area contributed by atoms with E-state index in [0.29, 0.717) is 6.54 Å². The number of nitrogens with one attached hydrogen (secondary N) is 1. The van der Waals surface area contributed by atoms with Crippen LogP contribution in [0.15, 0.2) is 66.7 Å². The number of rotatable bonds is 6. The summed E-state index contributed by atoms with van der Waals surface area (Å²) in [5.41, 5.74) is 2.42. The van der Waals surface area contributed by atoms with Crippen LogP contribution >= 0.6 is 0 Å². The molecule has 1 saturated heterocycles. The van der Waals surface area contributed by atoms with Crippen molar-refractivity contribution >= 4 is 16.7 Å². The van der Waals surface area contributed by atoms with Crippen LogP contribution < -0.4 is 10.1 Å². The molecule has 0 aromatic heterocycles. The molecular formula is C25H28N2O2. The van der Waals surface area contributed by atoms with Crippen molar-refractivity contribution < 1.29 is 9.53 Å². The number of hydrogen-bond donors (Lipinski definition) is 1. The predicted octanol–water partition coefficient (Wildman–Crippen LogP) is 4.38. The zero-order chi connectivity index (χ0) is 20.1. The SMILES string of the molecule is COc1ccc(CNC(=O)C2CCCN(Cc3cccc4ccccc34)C2)cc1. The number of fused-ring (bicyclic) bond motifs is 1. The lowest BCUT2D eigenvalue weighted by molar-refractivity contribution is -0.126. The molecule has 0 bridgehead atoms. The van der Waals surface area contributed by atoms with Gasteiger partial charge in [0, 0.05) is 19.6 Å². The maximum absolute atomic E-state index is 12.7. The van der Waals surface area contributed by atoms with E-state index < -0.39 is 0 Å². The van der Waals surface area contributed by atoms with Crippen LogP contribution in [0.5, 0.6) is 5.75 Å². The van der Waals surface area contributed by atoms with E-state index in [1.807, 2.05) is 24.3 Å². The van der Waals surface area contributed by atoms with Crippen molar-refractivity contribution in [1.82, 2.24) is 10.2 Å². The lowest BCUT2D eigenvalue weighted by Crippen LogP contribution is -2.42. The van der Waals surface area contributed by atoms with Crippen molar-refractivity contribution in [2.75, 3.05) is 20.2 Å². The minimum absolute atomic E-state index is 0.0528. The van der Waals surface area contributed by atoms with Gasteiger partial charge in [0.15, 0.2) is 0 Å². The summed E-state index contributed by atoms with van der Waals surface area (Å²) in [6.07, 6.45) is 2.02. The molecule has 3 aromatic rings. The van der Waals surface area contributed by atoms with Crippen LogP contribution in [-0.4, -0.2) is 31.0 Å². The monoisotopic (exact) mass is 388 g/mol. The molecule has 0 radical (unpaired) electrons. The molecule has 4 heteroatoms. The Bertz CT molecular complexity index is 963. The maximum Gasteiger partial charge on any atom is 0.224 e. The summed E-state index contributed by atoms with van der Waals surface area (Å²) in [6.45, 7) is 3.31. The van der Waals surface area contributed by atoms with Crippen molar-refractivity contribution in [2.24, 2.45) is 5.92 Å². The van der Waals surface area contributed by atoms with Crippen LogP contribution in [0.2, 0.25) is 0 Å². The van der Waals surface area contributed by atoms with Gasteiger partial charge < -0.3 is 10.1 Å². The Kier molecular flexibility index (Phi) is 6.11. The van der Waals surface area contributed by atoms with Crippen LogP contribution in [-0.2, 0) is 17.9 Å². The number of hydrogen-bond acceptors (Lipinski definition) is 3. The minimum atomic E-state index is 0.0528. The zero-order valence-electron chi connectivity index (χ0n) is 16.9. The Morgan fingerprint density at radius 2 is 1.86 bits per heavy atom. The Morgan fingerprint density at radius 1 is 1.07 bits per heavy atom. The smallest absolute Gasteiger partial charge is 0.224 e. The molecule has 4 rings (SSSR count). The number of carbonyl (C=O) groups is 1. The van der Waals surface area contributed by atoms with Gasteiger partial charge in [0.05, 0.1) is 13.0 Å². The number of nitrogens with zero attached hydrogens (tertiary/aromatic N) is 1. The van der Waals surface area contributed by atoms with Gasteiger partial charge in [0.25, 0.3) is 0 Å². The number of likely N-dealkylation sites (tertiary alicyclic amines) is 1. The van der Waals surface area contributed by atoms with E-state index in [0.717, 1.165) is 43.8 Å². The van der Waals surface area contributed by atoms with Crippen LogP contribution in [0.3, 0.4) is 0 Å². The summed E-state index contributed by atoms with van der Waals surface area (Å²) in [6, 6.07) is 22.8. The number of piperidine rings is 1. The number of amides is 1. The van der Waals surface area contributed by atoms with Crippen LogP contribution in [0.4, 0.5) is 0 Å². The van der Waals surface area contributed by atoms with Crippen molar-refractivity contribution in [2.45, 2.75) is 25.9 Å². The van der Waals surface area contributed by atoms with Crippen LogP contribution in [0.25, 0.3) is 10.8 Å². The largest absolute Gasteiger partial charge is 0.497 e. The Morgan fingerprint density at radius 3 is 2.69 bits per heavy atom. The van der Waals surface area contributed by atoms with Crippen molar-refractivity contribution in [3.63, 3.8) is 0 Å². The van der Waals surface area contributed by atoms with Gasteiger partial charge in [-0.2, -0.15) is 0 Å². The summed E-state index contributed by atoms with van der Waals surface area (Å²) < 4.78 is 5.18. The molecule has 4 nitrogen and oxygen atoms in total. The van der Waals surface area contributed by atoms with E-state index in [4.69, 9.17) is 4.74 Å². The molecule has 0 spiro atoms. The van der Waals surface area contributed by atoms with Crippen LogP contribution in [0, 0.1) is 5.92 Å². The fourth-order valence-electron chi connectivity index (χ4n) is 4.16. The number of benzene rings is 3. The summed E-state index contributed by atoms with van der Waals surface area (Å²) >= 11 is 0. The third kappa shape index (κ3) is 4.77. The Labute approximate surface area is 172 Å². The van der Waals surface area contributed by atoms with Gasteiger partial charge in [0.1, 0.15) is 5.75 Å². The van der Waals surface area contributed by atoms with Gasteiger partial charge in [0.2, 0.25) is 5.91 Å². The summed E-state index contributed by atoms with van der Waals surface area (Å²) in [7, 11) is 1.66. The van der Waals surface area contributed by atoms with E-state index in [9.17, 15) is 4.79 Å². The summed E-state index contributed by atoms with van der Waals surface area (Å²) in [4.78, 5) is 15.2. The summed E-state index contributed by atoms with van der Waals surface area (Å²) in [5.74, 6) is 1.04. The van der Waals surface area contributed by atoms with Crippen molar-refractivity contribution in [3.8, 4) is 5.75 Å². The molecule has 1 aliphatic heterocycles. The quantitative estimate of drug-likeness (QED) is 0.681. The van der Waals surface area contributed by atoms with Crippen LogP contribution in [0.1, 0.15) is 24.0 Å². The minimum Gasteiger partial charge on any atom is -0.497 e. The highest BCUT2D eigenvalue weighted by atomic mass is 16.5. The molecule has 1 amide bonds. The van der Waals surface area contributed by atoms with Gasteiger partial charge in [-0.1, -0.05) is 54.6 Å². The average molecular weight is 389 g/mol. The van der Waals surface area contributed by atoms with E-state index in [1.165, 1.54) is 16.3 Å². The Balaban J connectivity index is 1.35. The van der Waals surface area contributed by atoms with Gasteiger partial charge in [-0.25, -0.2) is 0 Å². The topological polar surface area (TPSA) is 41.6 Å². The lowest BCUT2D eigenvalue weighted by Gasteiger charge is -2.32. The second-order valence-electron chi connectivity index (χ2n) is 7.78. The first-order chi connectivity index (χ1) is 14.2. The van der Waals surface area contributed by atoms with E-state index in [2.05, 4.69) is 52.7 Å². The van der Waals surface area contributed by atoms with Gasteiger partial charge in [-0.3, -0.25) is 9.69 Å². The molecule has 3 aromatic carbocycles. The third-order valence-electron chi connectivity index (χ3n) is 5.78. The number of ether oxygens (including phenoxy) is 1. The van der Waals surface area contributed by atoms with Gasteiger partial charge >= 0.3 is 0 Å². The molecular weight excluding hydrogens is 360 g/mol. The van der Waals surface area contributed by atoms with Gasteiger partial charge in [-0.15, -0.1) is 0 Å². The average Bonchev–Trinajstić information content (AvgIpc) is 2.78. The Hall–Kier alpha value is -2.85. The maximum atomic E-state index is 12.7. The van der Waals surface area contributed by atoms with Crippen molar-refractivity contribution in [3.05, 3.63) is 77.9 Å². The highest BCUT2D eigenvalue weighted by molar-refractivity contribution is 5.85. The molecule has 1 N–H and O–H groups in total. The standard InChI is InChI=1S/C25H28N2O2/c1-29-23-13-11-19(12-14-23)16-26-25(28)22-9-5-15-27(18-22)17-21-8-4-7-20-6-2-3-10-24(20)21/h2-4,6-8,10-14,22H,5,9,15-18H2,1H3,(H,26,28). The first-order valence-corrected chi connectivity index (χ1v) is 10.3. The van der Waals surface area contributed by atoms with Gasteiger partial charge in [-0.05, 0) is 53.4 Å². The molecule has 0 aliphatic carbocycles. The first-order valence-electron chi connectivity index (χ1n) is 10.3. The first kappa shape index (κ1) is 19.5. The second-order valence-corrected chi connectivity index (χ2v) is 7.78. The highest BCUT2D eigenvalue weighted by Crippen LogP contribution is 2.23. The zero-order valence-corrected chi connectivity index (χ0v) is 16.9. The molecule has 1 atom stereocenters. The van der Waals surface area contributed by atoms with Crippen molar-refractivity contribution in [1.29, 1.82) is 0 Å². The fourth-order valence-corrected chi connectivity index (χ4v) is 4.16. The third-order valence-corrected chi connectivity index (χ3v) is 5.78. The van der Waals surface area contributed by atoms with E-state index in [1.54, 1.807) is 7.11 Å².